The molecule has 0 aliphatic rings. The third-order valence-corrected chi connectivity index (χ3v) is 1.44. The second-order valence-corrected chi connectivity index (χ2v) is 2.70. The molecule has 0 heterocycles. The van der Waals surface area contributed by atoms with Crippen LogP contribution in [0, 0.1) is 11.8 Å². The number of carboxylic acids is 1. The van der Waals surface area contributed by atoms with Crippen molar-refractivity contribution in [3.8, 4) is 11.8 Å². The summed E-state index contributed by atoms with van der Waals surface area (Å²) in [5.41, 5.74) is 0. The molecule has 0 spiro atoms. The summed E-state index contributed by atoms with van der Waals surface area (Å²) in [5.74, 6) is 5.33. The SMILES string of the molecule is CCCC#CCCCCC(=O)O. The van der Waals surface area contributed by atoms with Gasteiger partial charge < -0.3 is 5.11 Å². The van der Waals surface area contributed by atoms with Gasteiger partial charge in [0.1, 0.15) is 0 Å². The lowest BCUT2D eigenvalue weighted by Gasteiger charge is -1.90. The lowest BCUT2D eigenvalue weighted by atomic mass is 10.2. The second kappa shape index (κ2) is 8.13. The van der Waals surface area contributed by atoms with Gasteiger partial charge in [0.05, 0.1) is 0 Å². The Morgan fingerprint density at radius 3 is 2.50 bits per heavy atom. The van der Waals surface area contributed by atoms with Gasteiger partial charge in [0.2, 0.25) is 0 Å². The van der Waals surface area contributed by atoms with Crippen LogP contribution in [0.4, 0.5) is 0 Å². The van der Waals surface area contributed by atoms with E-state index in [1.807, 2.05) is 0 Å². The van der Waals surface area contributed by atoms with E-state index in [1.54, 1.807) is 0 Å². The summed E-state index contributed by atoms with van der Waals surface area (Å²) in [7, 11) is 0. The van der Waals surface area contributed by atoms with E-state index in [0.29, 0.717) is 0 Å². The van der Waals surface area contributed by atoms with E-state index >= 15 is 0 Å². The Labute approximate surface area is 74.0 Å². The summed E-state index contributed by atoms with van der Waals surface area (Å²) in [5, 5.41) is 8.32. The van der Waals surface area contributed by atoms with Crippen LogP contribution in [0.15, 0.2) is 0 Å². The van der Waals surface area contributed by atoms with Gasteiger partial charge in [0.15, 0.2) is 0 Å². The largest absolute Gasteiger partial charge is 0.481 e. The highest BCUT2D eigenvalue weighted by atomic mass is 16.4. The average Bonchev–Trinajstić information content (AvgIpc) is 2.02. The zero-order valence-electron chi connectivity index (χ0n) is 7.60. The van der Waals surface area contributed by atoms with Crippen LogP contribution in [0.2, 0.25) is 0 Å². The van der Waals surface area contributed by atoms with Crippen LogP contribution in [0.25, 0.3) is 0 Å². The fourth-order valence-corrected chi connectivity index (χ4v) is 0.791. The molecule has 2 nitrogen and oxygen atoms in total. The van der Waals surface area contributed by atoms with E-state index in [4.69, 9.17) is 5.11 Å². The maximum atomic E-state index is 10.1. The van der Waals surface area contributed by atoms with Gasteiger partial charge in [-0.25, -0.2) is 0 Å². The highest BCUT2D eigenvalue weighted by Crippen LogP contribution is 1.98. The molecule has 12 heavy (non-hydrogen) atoms. The third kappa shape index (κ3) is 9.03. The highest BCUT2D eigenvalue weighted by molar-refractivity contribution is 5.66. The smallest absolute Gasteiger partial charge is 0.303 e. The maximum Gasteiger partial charge on any atom is 0.303 e. The monoisotopic (exact) mass is 168 g/mol. The second-order valence-electron chi connectivity index (χ2n) is 2.70. The maximum absolute atomic E-state index is 10.1. The van der Waals surface area contributed by atoms with Crippen LogP contribution in [-0.4, -0.2) is 11.1 Å². The first-order valence-electron chi connectivity index (χ1n) is 4.45. The van der Waals surface area contributed by atoms with Gasteiger partial charge in [-0.1, -0.05) is 6.92 Å². The third-order valence-electron chi connectivity index (χ3n) is 1.44. The van der Waals surface area contributed by atoms with E-state index in [9.17, 15) is 4.79 Å². The molecule has 68 valence electrons. The van der Waals surface area contributed by atoms with Crippen LogP contribution in [0.1, 0.15) is 45.4 Å². The molecule has 0 atom stereocenters. The number of aliphatic carboxylic acids is 1. The van der Waals surface area contributed by atoms with Crippen molar-refractivity contribution >= 4 is 5.97 Å². The summed E-state index contributed by atoms with van der Waals surface area (Å²) in [6.07, 6.45) is 4.82. The molecular weight excluding hydrogens is 152 g/mol. The summed E-state index contributed by atoms with van der Waals surface area (Å²) in [6.45, 7) is 2.10. The molecule has 0 aromatic heterocycles. The van der Waals surface area contributed by atoms with Crippen LogP contribution in [-0.2, 0) is 4.79 Å². The zero-order valence-corrected chi connectivity index (χ0v) is 7.60. The molecule has 0 unspecified atom stereocenters. The van der Waals surface area contributed by atoms with Gasteiger partial charge in [-0.15, -0.1) is 11.8 Å². The Morgan fingerprint density at radius 2 is 1.92 bits per heavy atom. The Kier molecular flexibility index (Phi) is 7.47. The average molecular weight is 168 g/mol. The molecule has 0 aliphatic carbocycles. The number of hydrogen-bond donors (Lipinski definition) is 1. The molecule has 0 aromatic carbocycles. The molecule has 0 aliphatic heterocycles. The molecule has 0 amide bonds. The topological polar surface area (TPSA) is 37.3 Å². The normalized spacial score (nSPS) is 8.75. The van der Waals surface area contributed by atoms with Crippen LogP contribution < -0.4 is 0 Å². The number of carbonyl (C=O) groups is 1. The van der Waals surface area contributed by atoms with Crippen molar-refractivity contribution in [2.45, 2.75) is 45.4 Å². The molecule has 0 rings (SSSR count). The Bertz CT molecular complexity index is 174. The van der Waals surface area contributed by atoms with Gasteiger partial charge in [0, 0.05) is 19.3 Å². The molecule has 0 fully saturated rings. The van der Waals surface area contributed by atoms with Crippen molar-refractivity contribution in [3.63, 3.8) is 0 Å². The number of rotatable bonds is 5. The summed E-state index contributed by atoms with van der Waals surface area (Å²) in [4.78, 5) is 10.1. The van der Waals surface area contributed by atoms with Crippen molar-refractivity contribution in [1.82, 2.24) is 0 Å². The van der Waals surface area contributed by atoms with Gasteiger partial charge >= 0.3 is 5.97 Å². The minimum absolute atomic E-state index is 0.273. The van der Waals surface area contributed by atoms with E-state index in [1.165, 1.54) is 0 Å². The first-order valence-corrected chi connectivity index (χ1v) is 4.45. The molecule has 0 saturated heterocycles. The van der Waals surface area contributed by atoms with Crippen molar-refractivity contribution in [2.75, 3.05) is 0 Å². The predicted molar refractivity (Wildman–Crippen MR) is 48.8 cm³/mol. The van der Waals surface area contributed by atoms with Gasteiger partial charge in [0.25, 0.3) is 0 Å². The zero-order chi connectivity index (χ0) is 9.23. The van der Waals surface area contributed by atoms with E-state index in [0.717, 1.165) is 32.1 Å². The molecule has 0 bridgehead atoms. The van der Waals surface area contributed by atoms with Crippen LogP contribution in [0.3, 0.4) is 0 Å². The predicted octanol–water partition coefficient (Wildman–Crippen LogP) is 2.43. The summed E-state index contributed by atoms with van der Waals surface area (Å²) < 4.78 is 0. The summed E-state index contributed by atoms with van der Waals surface area (Å²) in [6, 6.07) is 0. The van der Waals surface area contributed by atoms with Gasteiger partial charge in [-0.2, -0.15) is 0 Å². The van der Waals surface area contributed by atoms with E-state index in [-0.39, 0.29) is 6.42 Å². The fourth-order valence-electron chi connectivity index (χ4n) is 0.791. The Balaban J connectivity index is 3.11. The number of unbranched alkanes of at least 4 members (excludes halogenated alkanes) is 3. The first-order chi connectivity index (χ1) is 5.77. The molecule has 0 radical (unpaired) electrons. The lowest BCUT2D eigenvalue weighted by Crippen LogP contribution is -1.92. The molecule has 0 saturated carbocycles. The van der Waals surface area contributed by atoms with Crippen molar-refractivity contribution in [2.24, 2.45) is 0 Å². The number of hydrogen-bond acceptors (Lipinski definition) is 1. The molecular formula is C10H16O2. The summed E-state index contributed by atoms with van der Waals surface area (Å²) >= 11 is 0. The number of carboxylic acid groups (broad SMARTS) is 1. The lowest BCUT2D eigenvalue weighted by molar-refractivity contribution is -0.137. The first kappa shape index (κ1) is 11.0. The Hall–Kier alpha value is -0.970. The van der Waals surface area contributed by atoms with E-state index in [2.05, 4.69) is 18.8 Å². The Morgan fingerprint density at radius 1 is 1.25 bits per heavy atom. The van der Waals surface area contributed by atoms with Gasteiger partial charge in [-0.3, -0.25) is 4.79 Å². The highest BCUT2D eigenvalue weighted by Gasteiger charge is 1.93. The fraction of sp³-hybridized carbons (Fsp3) is 0.700. The molecule has 2 heteroatoms. The van der Waals surface area contributed by atoms with Crippen molar-refractivity contribution < 1.29 is 9.90 Å². The van der Waals surface area contributed by atoms with Gasteiger partial charge in [-0.05, 0) is 19.3 Å². The van der Waals surface area contributed by atoms with E-state index < -0.39 is 5.97 Å². The molecule has 0 aromatic rings. The quantitative estimate of drug-likeness (QED) is 0.505. The minimum Gasteiger partial charge on any atom is -0.481 e. The van der Waals surface area contributed by atoms with Crippen molar-refractivity contribution in [1.29, 1.82) is 0 Å². The van der Waals surface area contributed by atoms with Crippen LogP contribution >= 0.6 is 0 Å². The standard InChI is InChI=1S/C10H16O2/c1-2-3-4-5-6-7-8-9-10(11)12/h2-3,6-9H2,1H3,(H,11,12). The van der Waals surface area contributed by atoms with Crippen LogP contribution in [0.5, 0.6) is 0 Å². The molecule has 1 N–H and O–H groups in total. The van der Waals surface area contributed by atoms with Crippen molar-refractivity contribution in [3.05, 3.63) is 0 Å². The minimum atomic E-state index is -0.712.